The van der Waals surface area contributed by atoms with Gasteiger partial charge in [0.1, 0.15) is 0 Å². The van der Waals surface area contributed by atoms with E-state index in [2.05, 4.69) is 31.1 Å². The summed E-state index contributed by atoms with van der Waals surface area (Å²) in [5, 5.41) is 3.22. The molecule has 18 heavy (non-hydrogen) atoms. The minimum Gasteiger partial charge on any atom is -0.335 e. The molecule has 104 valence electrons. The van der Waals surface area contributed by atoms with Gasteiger partial charge < -0.3 is 10.2 Å². The van der Waals surface area contributed by atoms with Crippen molar-refractivity contribution in [3.63, 3.8) is 0 Å². The number of amides is 2. The Morgan fingerprint density at radius 2 is 1.72 bits per heavy atom. The SMILES string of the molecule is C[C@@H]1[C@H](C)N(C)CCN1C(=O)NC1CCCCC1. The van der Waals surface area contributed by atoms with E-state index in [1.807, 2.05) is 4.90 Å². The Morgan fingerprint density at radius 1 is 1.06 bits per heavy atom. The van der Waals surface area contributed by atoms with E-state index in [4.69, 9.17) is 0 Å². The van der Waals surface area contributed by atoms with E-state index in [0.717, 1.165) is 25.9 Å². The molecular weight excluding hydrogens is 226 g/mol. The van der Waals surface area contributed by atoms with Crippen LogP contribution in [0.2, 0.25) is 0 Å². The zero-order valence-electron chi connectivity index (χ0n) is 12.0. The molecule has 1 aliphatic carbocycles. The van der Waals surface area contributed by atoms with Crippen LogP contribution in [0.1, 0.15) is 46.0 Å². The molecule has 0 aromatic rings. The van der Waals surface area contributed by atoms with Crippen LogP contribution in [0.25, 0.3) is 0 Å². The second-order valence-corrected chi connectivity index (χ2v) is 5.94. The van der Waals surface area contributed by atoms with Crippen LogP contribution in [0.4, 0.5) is 4.79 Å². The highest BCUT2D eigenvalue weighted by Gasteiger charge is 2.32. The van der Waals surface area contributed by atoms with Gasteiger partial charge in [-0.3, -0.25) is 4.90 Å². The van der Waals surface area contributed by atoms with Gasteiger partial charge in [0.25, 0.3) is 0 Å². The molecular formula is C14H27N3O. The highest BCUT2D eigenvalue weighted by molar-refractivity contribution is 5.75. The number of carbonyl (C=O) groups is 1. The minimum absolute atomic E-state index is 0.148. The van der Waals surface area contributed by atoms with Crippen LogP contribution in [-0.2, 0) is 0 Å². The molecule has 2 rings (SSSR count). The van der Waals surface area contributed by atoms with Crippen LogP contribution < -0.4 is 5.32 Å². The predicted molar refractivity (Wildman–Crippen MR) is 73.7 cm³/mol. The van der Waals surface area contributed by atoms with Gasteiger partial charge in [-0.2, -0.15) is 0 Å². The molecule has 1 heterocycles. The molecule has 2 aliphatic rings. The Kier molecular flexibility index (Phi) is 4.49. The summed E-state index contributed by atoms with van der Waals surface area (Å²) in [7, 11) is 2.14. The standard InChI is InChI=1S/C14H27N3O/c1-11-12(2)17(10-9-16(11)3)14(18)15-13-7-5-4-6-8-13/h11-13H,4-10H2,1-3H3,(H,15,18)/t11-,12+/m0/s1. The van der Waals surface area contributed by atoms with Crippen LogP contribution in [-0.4, -0.2) is 54.1 Å². The van der Waals surface area contributed by atoms with Gasteiger partial charge in [0, 0.05) is 31.2 Å². The van der Waals surface area contributed by atoms with E-state index in [0.29, 0.717) is 18.1 Å². The number of nitrogens with one attached hydrogen (secondary N) is 1. The number of rotatable bonds is 1. The van der Waals surface area contributed by atoms with Crippen molar-refractivity contribution in [2.45, 2.75) is 64.1 Å². The highest BCUT2D eigenvalue weighted by atomic mass is 16.2. The first-order chi connectivity index (χ1) is 8.59. The summed E-state index contributed by atoms with van der Waals surface area (Å²) in [5.74, 6) is 0. The average Bonchev–Trinajstić information content (AvgIpc) is 2.37. The maximum Gasteiger partial charge on any atom is 0.317 e. The van der Waals surface area contributed by atoms with Gasteiger partial charge in [-0.1, -0.05) is 19.3 Å². The van der Waals surface area contributed by atoms with Crippen molar-refractivity contribution in [2.24, 2.45) is 0 Å². The summed E-state index contributed by atoms with van der Waals surface area (Å²) >= 11 is 0. The van der Waals surface area contributed by atoms with Crippen molar-refractivity contribution in [3.05, 3.63) is 0 Å². The van der Waals surface area contributed by atoms with Gasteiger partial charge in [-0.15, -0.1) is 0 Å². The Hall–Kier alpha value is -0.770. The van der Waals surface area contributed by atoms with Crippen LogP contribution in [0.5, 0.6) is 0 Å². The summed E-state index contributed by atoms with van der Waals surface area (Å²) in [4.78, 5) is 16.7. The van der Waals surface area contributed by atoms with E-state index < -0.39 is 0 Å². The second-order valence-electron chi connectivity index (χ2n) is 5.94. The van der Waals surface area contributed by atoms with Gasteiger partial charge in [-0.25, -0.2) is 4.79 Å². The molecule has 2 fully saturated rings. The molecule has 0 aromatic carbocycles. The molecule has 0 spiro atoms. The number of piperazine rings is 1. The summed E-state index contributed by atoms with van der Waals surface area (Å²) in [6.45, 7) is 6.18. The molecule has 0 unspecified atom stereocenters. The number of carbonyl (C=O) groups excluding carboxylic acids is 1. The first-order valence-corrected chi connectivity index (χ1v) is 7.37. The topological polar surface area (TPSA) is 35.6 Å². The van der Waals surface area contributed by atoms with Crippen LogP contribution >= 0.6 is 0 Å². The van der Waals surface area contributed by atoms with Crippen molar-refractivity contribution in [1.29, 1.82) is 0 Å². The first kappa shape index (κ1) is 13.7. The van der Waals surface area contributed by atoms with E-state index in [1.165, 1.54) is 19.3 Å². The third-order valence-corrected chi connectivity index (χ3v) is 4.77. The molecule has 0 bridgehead atoms. The van der Waals surface area contributed by atoms with Crippen molar-refractivity contribution >= 4 is 6.03 Å². The van der Waals surface area contributed by atoms with Gasteiger partial charge in [0.05, 0.1) is 0 Å². The quantitative estimate of drug-likeness (QED) is 0.776. The summed E-state index contributed by atoms with van der Waals surface area (Å²) in [5.41, 5.74) is 0. The minimum atomic E-state index is 0.148. The number of urea groups is 1. The van der Waals surface area contributed by atoms with Crippen LogP contribution in [0.3, 0.4) is 0 Å². The van der Waals surface area contributed by atoms with Crippen molar-refractivity contribution in [2.75, 3.05) is 20.1 Å². The Labute approximate surface area is 111 Å². The lowest BCUT2D eigenvalue weighted by Crippen LogP contribution is -2.60. The molecule has 2 atom stereocenters. The molecule has 1 saturated carbocycles. The lowest BCUT2D eigenvalue weighted by atomic mass is 9.95. The Morgan fingerprint density at radius 3 is 2.39 bits per heavy atom. The monoisotopic (exact) mass is 253 g/mol. The van der Waals surface area contributed by atoms with Crippen molar-refractivity contribution in [3.8, 4) is 0 Å². The predicted octanol–water partition coefficient (Wildman–Crippen LogP) is 2.05. The Balaban J connectivity index is 1.88. The fourth-order valence-electron chi connectivity index (χ4n) is 3.09. The van der Waals surface area contributed by atoms with E-state index >= 15 is 0 Å². The molecule has 0 radical (unpaired) electrons. The van der Waals surface area contributed by atoms with Crippen LogP contribution in [0, 0.1) is 0 Å². The van der Waals surface area contributed by atoms with Gasteiger partial charge in [0.15, 0.2) is 0 Å². The molecule has 4 nitrogen and oxygen atoms in total. The number of nitrogens with zero attached hydrogens (tertiary/aromatic N) is 2. The molecule has 2 amide bonds. The summed E-state index contributed by atoms with van der Waals surface area (Å²) in [6.07, 6.45) is 6.17. The van der Waals surface area contributed by atoms with Gasteiger partial charge in [-0.05, 0) is 33.7 Å². The number of hydrogen-bond donors (Lipinski definition) is 1. The number of hydrogen-bond acceptors (Lipinski definition) is 2. The fourth-order valence-corrected chi connectivity index (χ4v) is 3.09. The van der Waals surface area contributed by atoms with Gasteiger partial charge in [0.2, 0.25) is 0 Å². The van der Waals surface area contributed by atoms with Crippen molar-refractivity contribution in [1.82, 2.24) is 15.1 Å². The average molecular weight is 253 g/mol. The van der Waals surface area contributed by atoms with E-state index in [9.17, 15) is 4.79 Å². The molecule has 1 saturated heterocycles. The first-order valence-electron chi connectivity index (χ1n) is 7.37. The Bertz CT molecular complexity index is 289. The zero-order valence-corrected chi connectivity index (χ0v) is 12.0. The maximum atomic E-state index is 12.3. The number of likely N-dealkylation sites (N-methyl/N-ethyl adjacent to an activating group) is 1. The summed E-state index contributed by atoms with van der Waals surface area (Å²) < 4.78 is 0. The third-order valence-electron chi connectivity index (χ3n) is 4.77. The van der Waals surface area contributed by atoms with Gasteiger partial charge >= 0.3 is 6.03 Å². The lowest BCUT2D eigenvalue weighted by Gasteiger charge is -2.43. The fraction of sp³-hybridized carbons (Fsp3) is 0.929. The highest BCUT2D eigenvalue weighted by Crippen LogP contribution is 2.19. The summed E-state index contributed by atoms with van der Waals surface area (Å²) in [6, 6.07) is 1.30. The molecule has 1 N–H and O–H groups in total. The molecule has 0 aromatic heterocycles. The van der Waals surface area contributed by atoms with Crippen molar-refractivity contribution < 1.29 is 4.79 Å². The molecule has 4 heteroatoms. The van der Waals surface area contributed by atoms with Crippen LogP contribution in [0.15, 0.2) is 0 Å². The zero-order chi connectivity index (χ0) is 13.1. The molecule has 1 aliphatic heterocycles. The second kappa shape index (κ2) is 5.91. The lowest BCUT2D eigenvalue weighted by molar-refractivity contribution is 0.0721. The van der Waals surface area contributed by atoms with E-state index in [1.54, 1.807) is 0 Å². The van der Waals surface area contributed by atoms with E-state index in [-0.39, 0.29) is 6.03 Å². The smallest absolute Gasteiger partial charge is 0.317 e. The largest absolute Gasteiger partial charge is 0.335 e. The third kappa shape index (κ3) is 2.97. The normalized spacial score (nSPS) is 31.4. The maximum absolute atomic E-state index is 12.3.